The Balaban J connectivity index is 0.00000729. The monoisotopic (exact) mass is 403 g/mol. The SMILES string of the molecule is CCCCCCCCCCCCCCCCNc1ccc(C(=O)O)c(F)c1.[NaH]. The van der Waals surface area contributed by atoms with E-state index in [2.05, 4.69) is 12.2 Å². The van der Waals surface area contributed by atoms with Gasteiger partial charge < -0.3 is 10.4 Å². The summed E-state index contributed by atoms with van der Waals surface area (Å²) in [7, 11) is 0. The van der Waals surface area contributed by atoms with E-state index in [1.54, 1.807) is 6.07 Å². The van der Waals surface area contributed by atoms with E-state index < -0.39 is 11.8 Å². The van der Waals surface area contributed by atoms with Crippen molar-refractivity contribution in [1.29, 1.82) is 0 Å². The molecule has 1 rings (SSSR count). The van der Waals surface area contributed by atoms with Crippen molar-refractivity contribution in [2.75, 3.05) is 11.9 Å². The minimum atomic E-state index is -1.23. The van der Waals surface area contributed by atoms with Gasteiger partial charge in [-0.15, -0.1) is 0 Å². The second-order valence-electron chi connectivity index (χ2n) is 7.52. The number of hydrogen-bond acceptors (Lipinski definition) is 2. The van der Waals surface area contributed by atoms with Crippen LogP contribution in [0.3, 0.4) is 0 Å². The van der Waals surface area contributed by atoms with Crippen molar-refractivity contribution in [2.24, 2.45) is 0 Å². The van der Waals surface area contributed by atoms with Crippen LogP contribution in [-0.4, -0.2) is 47.2 Å². The first-order valence-electron chi connectivity index (χ1n) is 10.9. The van der Waals surface area contributed by atoms with Gasteiger partial charge in [0.25, 0.3) is 0 Å². The molecule has 5 heteroatoms. The van der Waals surface area contributed by atoms with Gasteiger partial charge >= 0.3 is 35.5 Å². The fourth-order valence-electron chi connectivity index (χ4n) is 3.35. The van der Waals surface area contributed by atoms with Crippen LogP contribution in [-0.2, 0) is 0 Å². The Morgan fingerprint density at radius 3 is 1.75 bits per heavy atom. The van der Waals surface area contributed by atoms with Gasteiger partial charge in [0.15, 0.2) is 0 Å². The maximum absolute atomic E-state index is 13.6. The molecule has 0 saturated heterocycles. The Morgan fingerprint density at radius 2 is 1.32 bits per heavy atom. The normalized spacial score (nSPS) is 10.5. The Labute approximate surface area is 193 Å². The van der Waals surface area contributed by atoms with Crippen molar-refractivity contribution in [3.63, 3.8) is 0 Å². The van der Waals surface area contributed by atoms with Crippen LogP contribution in [0.5, 0.6) is 0 Å². The topological polar surface area (TPSA) is 49.3 Å². The van der Waals surface area contributed by atoms with E-state index in [9.17, 15) is 9.18 Å². The van der Waals surface area contributed by atoms with Gasteiger partial charge in [-0.25, -0.2) is 9.18 Å². The number of nitrogens with one attached hydrogen (secondary N) is 1. The maximum atomic E-state index is 13.6. The number of halogens is 1. The number of hydrogen-bond donors (Lipinski definition) is 2. The molecule has 0 fully saturated rings. The zero-order valence-electron chi connectivity index (χ0n) is 17.1. The molecule has 0 radical (unpaired) electrons. The quantitative estimate of drug-likeness (QED) is 0.223. The van der Waals surface area contributed by atoms with Crippen LogP contribution in [0.2, 0.25) is 0 Å². The van der Waals surface area contributed by atoms with Gasteiger partial charge in [-0.1, -0.05) is 90.4 Å². The van der Waals surface area contributed by atoms with Crippen LogP contribution in [0.25, 0.3) is 0 Å². The fraction of sp³-hybridized carbons (Fsp3) is 0.696. The molecule has 0 heterocycles. The molecule has 0 atom stereocenters. The molecule has 0 aliphatic heterocycles. The molecule has 2 N–H and O–H groups in total. The average Bonchev–Trinajstić information content (AvgIpc) is 2.64. The van der Waals surface area contributed by atoms with Crippen LogP contribution in [0, 0.1) is 5.82 Å². The number of carboxylic acids is 1. The third-order valence-electron chi connectivity index (χ3n) is 5.06. The summed E-state index contributed by atoms with van der Waals surface area (Å²) >= 11 is 0. The number of rotatable bonds is 17. The Bertz CT molecular complexity index is 525. The van der Waals surface area contributed by atoms with Crippen LogP contribution in [0.4, 0.5) is 10.1 Å². The first kappa shape index (κ1) is 27.4. The number of benzene rings is 1. The van der Waals surface area contributed by atoms with E-state index in [-0.39, 0.29) is 35.1 Å². The molecule has 0 aliphatic rings. The van der Waals surface area contributed by atoms with Crippen LogP contribution < -0.4 is 5.32 Å². The summed E-state index contributed by atoms with van der Waals surface area (Å²) in [6, 6.07) is 4.19. The molecule has 0 saturated carbocycles. The Hall–Kier alpha value is -0.580. The van der Waals surface area contributed by atoms with Gasteiger partial charge in [0.05, 0.1) is 5.56 Å². The number of anilines is 1. The minimum absolute atomic E-state index is 0. The van der Waals surface area contributed by atoms with E-state index in [0.29, 0.717) is 5.69 Å². The number of aromatic carboxylic acids is 1. The molecule has 0 spiro atoms. The van der Waals surface area contributed by atoms with Gasteiger partial charge in [-0.2, -0.15) is 0 Å². The second-order valence-corrected chi connectivity index (χ2v) is 7.52. The predicted molar refractivity (Wildman–Crippen MR) is 119 cm³/mol. The van der Waals surface area contributed by atoms with Crippen molar-refractivity contribution in [3.8, 4) is 0 Å². The number of unbranched alkanes of at least 4 members (excludes halogenated alkanes) is 13. The predicted octanol–water partition coefficient (Wildman–Crippen LogP) is 6.77. The summed E-state index contributed by atoms with van der Waals surface area (Å²) in [5, 5.41) is 12.0. The standard InChI is InChI=1S/C23H38FNO2.Na.H/c1-2-3-4-5-6-7-8-9-10-11-12-13-14-15-18-25-20-16-17-21(23(26)27)22(24)19-20;;/h16-17,19,25H,2-15,18H2,1H3,(H,26,27);;. The summed E-state index contributed by atoms with van der Waals surface area (Å²) in [5.41, 5.74) is 0.365. The number of carboxylic acid groups (broad SMARTS) is 1. The van der Waals surface area contributed by atoms with Crippen molar-refractivity contribution < 1.29 is 14.3 Å². The first-order valence-corrected chi connectivity index (χ1v) is 10.9. The summed E-state index contributed by atoms with van der Waals surface area (Å²) in [4.78, 5) is 10.8. The van der Waals surface area contributed by atoms with Crippen molar-refractivity contribution >= 4 is 41.2 Å². The molecule has 3 nitrogen and oxygen atoms in total. The zero-order valence-corrected chi connectivity index (χ0v) is 17.1. The third kappa shape index (κ3) is 13.6. The molecule has 156 valence electrons. The van der Waals surface area contributed by atoms with Gasteiger partial charge in [0.1, 0.15) is 5.82 Å². The van der Waals surface area contributed by atoms with E-state index in [4.69, 9.17) is 5.11 Å². The molecule has 28 heavy (non-hydrogen) atoms. The van der Waals surface area contributed by atoms with E-state index >= 15 is 0 Å². The zero-order chi connectivity index (χ0) is 19.7. The Morgan fingerprint density at radius 1 is 0.857 bits per heavy atom. The molecule has 0 aromatic heterocycles. The van der Waals surface area contributed by atoms with Crippen molar-refractivity contribution in [3.05, 3.63) is 29.6 Å². The molecule has 0 aliphatic carbocycles. The summed E-state index contributed by atoms with van der Waals surface area (Å²) in [5.74, 6) is -1.92. The number of carbonyl (C=O) groups is 1. The Kier molecular flexibility index (Phi) is 18.1. The average molecular weight is 404 g/mol. The molecular formula is C23H39FNNaO2. The molecule has 1 aromatic rings. The summed E-state index contributed by atoms with van der Waals surface area (Å²) < 4.78 is 13.6. The molecule has 1 aromatic carbocycles. The first-order chi connectivity index (χ1) is 13.1. The van der Waals surface area contributed by atoms with Crippen molar-refractivity contribution in [1.82, 2.24) is 0 Å². The van der Waals surface area contributed by atoms with Crippen LogP contribution >= 0.6 is 0 Å². The van der Waals surface area contributed by atoms with E-state index in [0.717, 1.165) is 13.0 Å². The molecule has 0 unspecified atom stereocenters. The molecule has 0 bridgehead atoms. The van der Waals surface area contributed by atoms with Crippen molar-refractivity contribution in [2.45, 2.75) is 96.8 Å². The molecule has 0 amide bonds. The van der Waals surface area contributed by atoms with Crippen LogP contribution in [0.1, 0.15) is 107 Å². The van der Waals surface area contributed by atoms with E-state index in [1.165, 1.54) is 95.6 Å². The van der Waals surface area contributed by atoms with Gasteiger partial charge in [-0.3, -0.25) is 0 Å². The third-order valence-corrected chi connectivity index (χ3v) is 5.06. The van der Waals surface area contributed by atoms with E-state index in [1.807, 2.05) is 0 Å². The van der Waals surface area contributed by atoms with Gasteiger partial charge in [0.2, 0.25) is 0 Å². The molecular weight excluding hydrogens is 364 g/mol. The second kappa shape index (κ2) is 18.4. The fourth-order valence-corrected chi connectivity index (χ4v) is 3.35. The van der Waals surface area contributed by atoms with Gasteiger partial charge in [0, 0.05) is 12.2 Å². The summed E-state index contributed by atoms with van der Waals surface area (Å²) in [6.07, 6.45) is 18.6. The summed E-state index contributed by atoms with van der Waals surface area (Å²) in [6.45, 7) is 3.06. The van der Waals surface area contributed by atoms with Gasteiger partial charge in [-0.05, 0) is 24.6 Å². The van der Waals surface area contributed by atoms with Crippen LogP contribution in [0.15, 0.2) is 18.2 Å².